The smallest absolute Gasteiger partial charge is 0.426 e. The van der Waals surface area contributed by atoms with E-state index in [0.717, 1.165) is 5.56 Å². The van der Waals surface area contributed by atoms with Crippen molar-refractivity contribution in [1.82, 2.24) is 10.4 Å². The summed E-state index contributed by atoms with van der Waals surface area (Å²) in [5, 5.41) is 1.55. The lowest BCUT2D eigenvalue weighted by Gasteiger charge is -2.20. The van der Waals surface area contributed by atoms with Crippen LogP contribution in [0.5, 0.6) is 0 Å². The molecule has 1 aromatic carbocycles. The average Bonchev–Trinajstić information content (AvgIpc) is 2.39. The van der Waals surface area contributed by atoms with Crippen LogP contribution in [0.3, 0.4) is 0 Å². The third kappa shape index (κ3) is 3.64. The highest BCUT2D eigenvalue weighted by molar-refractivity contribution is 5.72. The topological polar surface area (TPSA) is 53.9 Å². The predicted octanol–water partition coefficient (Wildman–Crippen LogP) is 1.69. The maximum atomic E-state index is 11.4. The van der Waals surface area contributed by atoms with Crippen molar-refractivity contribution in [1.29, 1.82) is 0 Å². The summed E-state index contributed by atoms with van der Waals surface area (Å²) in [4.78, 5) is 15.4. The molecule has 1 aromatic rings. The van der Waals surface area contributed by atoms with Crippen molar-refractivity contribution in [2.24, 2.45) is 4.99 Å². The van der Waals surface area contributed by atoms with Crippen molar-refractivity contribution >= 4 is 12.3 Å². The van der Waals surface area contributed by atoms with E-state index in [-0.39, 0.29) is 6.61 Å². The first-order valence-electron chi connectivity index (χ1n) is 5.25. The Morgan fingerprint density at radius 1 is 1.41 bits per heavy atom. The van der Waals surface area contributed by atoms with E-state index in [1.165, 1.54) is 0 Å². The normalized spacial score (nSPS) is 13.5. The summed E-state index contributed by atoms with van der Waals surface area (Å²) >= 11 is 0. The number of nitrogens with one attached hydrogen (secondary N) is 1. The standard InChI is InChI=1S/C12H13N3O2/c16-12(14-15-8-4-7-13-10-15)17-9-11-5-2-1-3-6-11/h1-8H,9-10H2,(H,14,16). The van der Waals surface area contributed by atoms with Gasteiger partial charge in [-0.05, 0) is 11.6 Å². The van der Waals surface area contributed by atoms with Gasteiger partial charge in [0.25, 0.3) is 0 Å². The second-order valence-electron chi connectivity index (χ2n) is 3.46. The van der Waals surface area contributed by atoms with E-state index in [1.54, 1.807) is 23.5 Å². The number of aliphatic imine (C=N–C) groups is 1. The van der Waals surface area contributed by atoms with E-state index in [2.05, 4.69) is 10.4 Å². The van der Waals surface area contributed by atoms with Gasteiger partial charge in [0, 0.05) is 12.4 Å². The first-order valence-corrected chi connectivity index (χ1v) is 5.25. The van der Waals surface area contributed by atoms with Crippen LogP contribution in [0.2, 0.25) is 0 Å². The number of allylic oxidation sites excluding steroid dienone is 1. The Balaban J connectivity index is 1.74. The number of carbonyl (C=O) groups is 1. The van der Waals surface area contributed by atoms with E-state index in [4.69, 9.17) is 4.74 Å². The highest BCUT2D eigenvalue weighted by Gasteiger charge is 2.07. The fraction of sp³-hybridized carbons (Fsp3) is 0.167. The van der Waals surface area contributed by atoms with Crippen LogP contribution in [0.25, 0.3) is 0 Å². The summed E-state index contributed by atoms with van der Waals surface area (Å²) in [5.41, 5.74) is 3.51. The number of rotatable bonds is 3. The van der Waals surface area contributed by atoms with Gasteiger partial charge in [-0.1, -0.05) is 30.3 Å². The zero-order valence-electron chi connectivity index (χ0n) is 9.24. The quantitative estimate of drug-likeness (QED) is 0.861. The van der Waals surface area contributed by atoms with Crippen molar-refractivity contribution in [3.05, 3.63) is 48.2 Å². The minimum atomic E-state index is -0.490. The molecule has 88 valence electrons. The van der Waals surface area contributed by atoms with Gasteiger partial charge in [-0.15, -0.1) is 0 Å². The SMILES string of the molecule is O=C(NN1C=CC=NC1)OCc1ccccc1. The van der Waals surface area contributed by atoms with Crippen molar-refractivity contribution in [3.8, 4) is 0 Å². The van der Waals surface area contributed by atoms with E-state index in [9.17, 15) is 4.79 Å². The summed E-state index contributed by atoms with van der Waals surface area (Å²) in [6, 6.07) is 9.52. The molecule has 1 heterocycles. The lowest BCUT2D eigenvalue weighted by Crippen LogP contribution is -2.39. The Labute approximate surface area is 99.4 Å². The molecule has 17 heavy (non-hydrogen) atoms. The van der Waals surface area contributed by atoms with Crippen molar-refractivity contribution in [3.63, 3.8) is 0 Å². The highest BCUT2D eigenvalue weighted by atomic mass is 16.6. The second kappa shape index (κ2) is 5.69. The average molecular weight is 231 g/mol. The molecular weight excluding hydrogens is 218 g/mol. The summed E-state index contributed by atoms with van der Waals surface area (Å²) < 4.78 is 5.05. The zero-order chi connectivity index (χ0) is 11.9. The van der Waals surface area contributed by atoms with Crippen LogP contribution in [-0.2, 0) is 11.3 Å². The molecule has 1 aliphatic heterocycles. The molecule has 1 amide bonds. The third-order valence-electron chi connectivity index (χ3n) is 2.14. The van der Waals surface area contributed by atoms with Gasteiger partial charge in [-0.2, -0.15) is 0 Å². The summed E-state index contributed by atoms with van der Waals surface area (Å²) in [6.45, 7) is 0.657. The fourth-order valence-corrected chi connectivity index (χ4v) is 1.33. The van der Waals surface area contributed by atoms with Crippen molar-refractivity contribution in [2.45, 2.75) is 6.61 Å². The minimum absolute atomic E-state index is 0.257. The molecule has 0 saturated carbocycles. The molecule has 0 saturated heterocycles. The van der Waals surface area contributed by atoms with Crippen molar-refractivity contribution < 1.29 is 9.53 Å². The lowest BCUT2D eigenvalue weighted by molar-refractivity contribution is 0.115. The number of nitrogens with zero attached hydrogens (tertiary/aromatic N) is 2. The molecule has 0 bridgehead atoms. The zero-order valence-corrected chi connectivity index (χ0v) is 9.24. The van der Waals surface area contributed by atoms with Crippen LogP contribution in [0, 0.1) is 0 Å². The molecule has 0 radical (unpaired) electrons. The maximum Gasteiger partial charge on any atom is 0.426 e. The van der Waals surface area contributed by atoms with Gasteiger partial charge in [0.2, 0.25) is 0 Å². The number of carbonyl (C=O) groups excluding carboxylic acids is 1. The molecule has 0 aliphatic carbocycles. The van der Waals surface area contributed by atoms with Gasteiger partial charge >= 0.3 is 6.09 Å². The lowest BCUT2D eigenvalue weighted by atomic mass is 10.2. The van der Waals surface area contributed by atoms with Gasteiger partial charge in [-0.3, -0.25) is 10.0 Å². The second-order valence-corrected chi connectivity index (χ2v) is 3.46. The van der Waals surface area contributed by atoms with Crippen LogP contribution >= 0.6 is 0 Å². The molecule has 0 unspecified atom stereocenters. The maximum absolute atomic E-state index is 11.4. The van der Waals surface area contributed by atoms with E-state index in [0.29, 0.717) is 6.67 Å². The van der Waals surface area contributed by atoms with Gasteiger partial charge in [0.15, 0.2) is 0 Å². The number of benzene rings is 1. The molecule has 0 aromatic heterocycles. The van der Waals surface area contributed by atoms with Gasteiger partial charge in [-0.25, -0.2) is 10.2 Å². The van der Waals surface area contributed by atoms with Crippen LogP contribution in [-0.4, -0.2) is 24.0 Å². The summed E-state index contributed by atoms with van der Waals surface area (Å²) in [7, 11) is 0. The third-order valence-corrected chi connectivity index (χ3v) is 2.14. The first-order chi connectivity index (χ1) is 8.34. The van der Waals surface area contributed by atoms with Crippen molar-refractivity contribution in [2.75, 3.05) is 6.67 Å². The molecule has 1 N–H and O–H groups in total. The number of ether oxygens (including phenoxy) is 1. The van der Waals surface area contributed by atoms with Gasteiger partial charge < -0.3 is 4.74 Å². The van der Waals surface area contributed by atoms with Crippen LogP contribution < -0.4 is 5.43 Å². The minimum Gasteiger partial charge on any atom is -0.443 e. The number of hydrogen-bond donors (Lipinski definition) is 1. The van der Waals surface area contributed by atoms with E-state index < -0.39 is 6.09 Å². The Hall–Kier alpha value is -2.30. The summed E-state index contributed by atoms with van der Waals surface area (Å²) in [6.07, 6.45) is 4.64. The van der Waals surface area contributed by atoms with Crippen LogP contribution in [0.4, 0.5) is 4.79 Å². The molecule has 5 nitrogen and oxygen atoms in total. The number of amides is 1. The summed E-state index contributed by atoms with van der Waals surface area (Å²) in [5.74, 6) is 0. The molecule has 2 rings (SSSR count). The molecule has 0 atom stereocenters. The fourth-order valence-electron chi connectivity index (χ4n) is 1.33. The van der Waals surface area contributed by atoms with Gasteiger partial charge in [0.05, 0.1) is 0 Å². The Morgan fingerprint density at radius 3 is 2.94 bits per heavy atom. The highest BCUT2D eigenvalue weighted by Crippen LogP contribution is 2.01. The van der Waals surface area contributed by atoms with E-state index >= 15 is 0 Å². The molecule has 1 aliphatic rings. The van der Waals surface area contributed by atoms with Gasteiger partial charge in [0.1, 0.15) is 13.3 Å². The van der Waals surface area contributed by atoms with Crippen LogP contribution in [0.15, 0.2) is 47.6 Å². The Kier molecular flexibility index (Phi) is 3.75. The van der Waals surface area contributed by atoms with Crippen LogP contribution in [0.1, 0.15) is 5.56 Å². The number of hydrogen-bond acceptors (Lipinski definition) is 4. The first kappa shape index (κ1) is 11.2. The predicted molar refractivity (Wildman–Crippen MR) is 64.1 cm³/mol. The number of hydrazine groups is 1. The molecular formula is C12H13N3O2. The molecule has 0 spiro atoms. The van der Waals surface area contributed by atoms with E-state index in [1.807, 2.05) is 30.3 Å². The molecule has 0 fully saturated rings. The largest absolute Gasteiger partial charge is 0.443 e. The Bertz CT molecular complexity index is 429. The monoisotopic (exact) mass is 231 g/mol. The Morgan fingerprint density at radius 2 is 2.24 bits per heavy atom. The molecule has 5 heteroatoms.